The van der Waals surface area contributed by atoms with Crippen molar-refractivity contribution in [3.8, 4) is 5.82 Å². The number of aromatic nitrogens is 8. The number of hydrogen-bond acceptors (Lipinski definition) is 8. The highest BCUT2D eigenvalue weighted by molar-refractivity contribution is 6.32. The molecule has 4 heterocycles. The Kier molecular flexibility index (Phi) is 8.60. The van der Waals surface area contributed by atoms with E-state index in [2.05, 4.69) is 41.1 Å². The minimum absolute atomic E-state index is 0.0737. The van der Waals surface area contributed by atoms with Crippen LogP contribution in [-0.4, -0.2) is 51.8 Å². The molecule has 0 radical (unpaired) electrons. The zero-order valence-corrected chi connectivity index (χ0v) is 24.4. The summed E-state index contributed by atoms with van der Waals surface area (Å²) in [5.41, 5.74) is 2.16. The zero-order valence-electron chi connectivity index (χ0n) is 22.9. The average Bonchev–Trinajstić information content (AvgIpc) is 3.61. The summed E-state index contributed by atoms with van der Waals surface area (Å²) < 4.78 is 40.0. The van der Waals surface area contributed by atoms with Gasteiger partial charge in [0.05, 0.1) is 34.2 Å². The van der Waals surface area contributed by atoms with Crippen LogP contribution in [0.25, 0.3) is 5.82 Å². The molecule has 5 rings (SSSR count). The van der Waals surface area contributed by atoms with E-state index < -0.39 is 23.8 Å². The number of rotatable bonds is 8. The van der Waals surface area contributed by atoms with Gasteiger partial charge in [-0.1, -0.05) is 29.3 Å². The fraction of sp³-hybridized carbons (Fsp3) is 0.185. The molecule has 0 fully saturated rings. The van der Waals surface area contributed by atoms with Crippen LogP contribution in [0.15, 0.2) is 54.7 Å². The molecule has 5 aromatic rings. The summed E-state index contributed by atoms with van der Waals surface area (Å²) in [7, 11) is 0. The predicted molar refractivity (Wildman–Crippen MR) is 153 cm³/mol. The maximum Gasteiger partial charge on any atom is 0.455 e. The van der Waals surface area contributed by atoms with E-state index in [1.807, 2.05) is 19.1 Å². The van der Waals surface area contributed by atoms with Crippen molar-refractivity contribution in [2.45, 2.75) is 33.1 Å². The summed E-state index contributed by atoms with van der Waals surface area (Å²) in [6.07, 6.45) is -3.37. The second-order valence-corrected chi connectivity index (χ2v) is 10.3. The third kappa shape index (κ3) is 6.84. The van der Waals surface area contributed by atoms with E-state index in [1.54, 1.807) is 25.1 Å². The van der Waals surface area contributed by atoms with Gasteiger partial charge < -0.3 is 10.6 Å². The van der Waals surface area contributed by atoms with Gasteiger partial charge in [0.15, 0.2) is 5.82 Å². The molecule has 0 saturated heterocycles. The van der Waals surface area contributed by atoms with E-state index in [0.29, 0.717) is 16.1 Å². The van der Waals surface area contributed by atoms with Gasteiger partial charge in [-0.2, -0.15) is 23.1 Å². The van der Waals surface area contributed by atoms with Crippen molar-refractivity contribution in [2.75, 3.05) is 5.32 Å². The van der Waals surface area contributed by atoms with Gasteiger partial charge in [0.25, 0.3) is 17.6 Å². The number of aryl methyl sites for hydroxylation is 2. The van der Waals surface area contributed by atoms with E-state index in [4.69, 9.17) is 23.2 Å². The molecule has 12 nitrogen and oxygen atoms in total. The number of nitrogens with one attached hydrogen (secondary N) is 2. The number of benzene rings is 1. The van der Waals surface area contributed by atoms with E-state index in [1.165, 1.54) is 24.4 Å². The first-order valence-electron chi connectivity index (χ1n) is 12.8. The first-order valence-corrected chi connectivity index (χ1v) is 13.5. The van der Waals surface area contributed by atoms with E-state index >= 15 is 0 Å². The quantitative estimate of drug-likeness (QED) is 0.244. The fourth-order valence-electron chi connectivity index (χ4n) is 4.16. The molecule has 0 aliphatic heterocycles. The standard InChI is InChI=1S/C27H21Cl2F3N10O2/c1-14-9-16(28)10-19(24(43)34-12-17-6-3-5-15(2)35-17)22(14)36-25(44)21-11-18(13-41-39-26(37-40-41)27(30,31)32)38-42(21)23-20(29)7-4-8-33-23/h3-11H,12-13H2,1-2H3,(H,34,43)(H,36,44). The second kappa shape index (κ2) is 12.4. The minimum atomic E-state index is -4.79. The lowest BCUT2D eigenvalue weighted by Crippen LogP contribution is -2.26. The van der Waals surface area contributed by atoms with Crippen molar-refractivity contribution < 1.29 is 22.8 Å². The first kappa shape index (κ1) is 30.6. The number of alkyl halides is 3. The van der Waals surface area contributed by atoms with Crippen LogP contribution in [0.1, 0.15) is 49.3 Å². The van der Waals surface area contributed by atoms with Crippen LogP contribution in [0.5, 0.6) is 0 Å². The van der Waals surface area contributed by atoms with Gasteiger partial charge in [-0.15, -0.1) is 10.2 Å². The van der Waals surface area contributed by atoms with Gasteiger partial charge in [0, 0.05) is 16.9 Å². The Balaban J connectivity index is 1.47. The molecular weight excluding hydrogens is 624 g/mol. The molecule has 2 N–H and O–H groups in total. The molecule has 1 aromatic carbocycles. The normalized spacial score (nSPS) is 11.4. The van der Waals surface area contributed by atoms with Crippen molar-refractivity contribution in [1.82, 2.24) is 45.3 Å². The van der Waals surface area contributed by atoms with Crippen LogP contribution in [0, 0.1) is 13.8 Å². The largest absolute Gasteiger partial charge is 0.455 e. The lowest BCUT2D eigenvalue weighted by molar-refractivity contribution is -0.145. The number of tetrazole rings is 1. The molecule has 4 aromatic heterocycles. The van der Waals surface area contributed by atoms with Crippen molar-refractivity contribution in [2.24, 2.45) is 0 Å². The van der Waals surface area contributed by atoms with Crippen LogP contribution >= 0.6 is 23.2 Å². The molecule has 17 heteroatoms. The third-order valence-electron chi connectivity index (χ3n) is 6.10. The molecular formula is C27H21Cl2F3N10O2. The first-order chi connectivity index (χ1) is 20.9. The highest BCUT2D eigenvalue weighted by atomic mass is 35.5. The van der Waals surface area contributed by atoms with E-state index in [9.17, 15) is 22.8 Å². The van der Waals surface area contributed by atoms with Crippen LogP contribution in [-0.2, 0) is 19.3 Å². The molecule has 0 unspecified atom stereocenters. The number of anilines is 1. The lowest BCUT2D eigenvalue weighted by Gasteiger charge is -2.15. The zero-order chi connectivity index (χ0) is 31.6. The van der Waals surface area contributed by atoms with E-state index in [0.717, 1.165) is 10.4 Å². The van der Waals surface area contributed by atoms with Crippen LogP contribution in [0.4, 0.5) is 18.9 Å². The van der Waals surface area contributed by atoms with Crippen molar-refractivity contribution >= 4 is 40.7 Å². The second-order valence-electron chi connectivity index (χ2n) is 9.44. The number of carbonyl (C=O) groups excluding carboxylic acids is 2. The van der Waals surface area contributed by atoms with Gasteiger partial charge in [-0.3, -0.25) is 14.6 Å². The fourth-order valence-corrected chi connectivity index (χ4v) is 4.64. The molecule has 0 aliphatic rings. The van der Waals surface area contributed by atoms with Gasteiger partial charge in [-0.05, 0) is 67.1 Å². The van der Waals surface area contributed by atoms with Crippen molar-refractivity contribution in [3.05, 3.63) is 105 Å². The predicted octanol–water partition coefficient (Wildman–Crippen LogP) is 4.82. The summed E-state index contributed by atoms with van der Waals surface area (Å²) in [5, 5.41) is 20.0. The number of carbonyl (C=O) groups is 2. The maximum absolute atomic E-state index is 13.7. The summed E-state index contributed by atoms with van der Waals surface area (Å²) in [6.45, 7) is 3.25. The number of amides is 2. The van der Waals surface area contributed by atoms with E-state index in [-0.39, 0.29) is 51.6 Å². The number of nitrogens with zero attached hydrogens (tertiary/aromatic N) is 8. The maximum atomic E-state index is 13.7. The van der Waals surface area contributed by atoms with Crippen LogP contribution in [0.3, 0.4) is 0 Å². The summed E-state index contributed by atoms with van der Waals surface area (Å²) in [5.74, 6) is -2.60. The Morgan fingerprint density at radius 1 is 0.977 bits per heavy atom. The molecule has 2 amide bonds. The minimum Gasteiger partial charge on any atom is -0.346 e. The topological polar surface area (TPSA) is 145 Å². The number of halogens is 5. The smallest absolute Gasteiger partial charge is 0.346 e. The SMILES string of the molecule is Cc1cccc(CNC(=O)c2cc(Cl)cc(C)c2NC(=O)c2cc(Cn3nnc(C(F)(F)F)n3)nn2-c2ncccc2Cl)n1. The lowest BCUT2D eigenvalue weighted by atomic mass is 10.1. The molecule has 0 aliphatic carbocycles. The highest BCUT2D eigenvalue weighted by Crippen LogP contribution is 2.28. The Morgan fingerprint density at radius 2 is 1.77 bits per heavy atom. The third-order valence-corrected chi connectivity index (χ3v) is 6.61. The number of pyridine rings is 2. The Hall–Kier alpha value is -4.89. The van der Waals surface area contributed by atoms with Gasteiger partial charge >= 0.3 is 6.18 Å². The van der Waals surface area contributed by atoms with Gasteiger partial charge in [-0.25, -0.2) is 9.67 Å². The van der Waals surface area contributed by atoms with Crippen LogP contribution < -0.4 is 10.6 Å². The average molecular weight is 645 g/mol. The molecule has 0 spiro atoms. The van der Waals surface area contributed by atoms with Crippen LogP contribution in [0.2, 0.25) is 10.0 Å². The molecule has 44 heavy (non-hydrogen) atoms. The molecule has 0 bridgehead atoms. The molecule has 226 valence electrons. The monoisotopic (exact) mass is 644 g/mol. The Labute approximate surface area is 257 Å². The van der Waals surface area contributed by atoms with Gasteiger partial charge in [0.2, 0.25) is 0 Å². The summed E-state index contributed by atoms with van der Waals surface area (Å²) in [4.78, 5) is 36.2. The highest BCUT2D eigenvalue weighted by Gasteiger charge is 2.37. The molecule has 0 saturated carbocycles. The Morgan fingerprint density at radius 3 is 2.48 bits per heavy atom. The van der Waals surface area contributed by atoms with Crippen molar-refractivity contribution in [3.63, 3.8) is 0 Å². The summed E-state index contributed by atoms with van der Waals surface area (Å²) >= 11 is 12.6. The van der Waals surface area contributed by atoms with Gasteiger partial charge in [0.1, 0.15) is 12.2 Å². The Bertz CT molecular complexity index is 1870. The summed E-state index contributed by atoms with van der Waals surface area (Å²) in [6, 6.07) is 12.8. The van der Waals surface area contributed by atoms with Crippen molar-refractivity contribution in [1.29, 1.82) is 0 Å². The number of hydrogen-bond donors (Lipinski definition) is 2. The molecule has 0 atom stereocenters.